The van der Waals surface area contributed by atoms with E-state index in [-0.39, 0.29) is 23.3 Å². The normalized spacial score (nSPS) is 12.0. The molecule has 1 heterocycles. The summed E-state index contributed by atoms with van der Waals surface area (Å²) in [5, 5.41) is 3.28. The molecule has 4 rings (SSSR count). The highest BCUT2D eigenvalue weighted by Gasteiger charge is 2.26. The molecule has 1 atom stereocenters. The molecule has 4 aromatic rings. The Bertz CT molecular complexity index is 1410. The zero-order valence-electron chi connectivity index (χ0n) is 19.2. The smallest absolute Gasteiger partial charge is 0.262 e. The Hall–Kier alpha value is -3.71. The van der Waals surface area contributed by atoms with Crippen molar-refractivity contribution in [3.8, 4) is 0 Å². The molecule has 1 unspecified atom stereocenters. The SMILES string of the molecule is CC(=O)c1cccc(NC(=O)C(Sc2nc3ccccc3c(=O)n2C(C)C)c2ccccc2)c1. The van der Waals surface area contributed by atoms with Crippen LogP contribution < -0.4 is 10.9 Å². The summed E-state index contributed by atoms with van der Waals surface area (Å²) in [5.74, 6) is -0.346. The summed E-state index contributed by atoms with van der Waals surface area (Å²) in [7, 11) is 0. The second kappa shape index (κ2) is 10.1. The number of para-hydroxylation sites is 1. The quantitative estimate of drug-likeness (QED) is 0.214. The molecule has 0 fully saturated rings. The van der Waals surface area contributed by atoms with Crippen LogP contribution in [0, 0.1) is 0 Å². The molecule has 0 aliphatic rings. The lowest BCUT2D eigenvalue weighted by Crippen LogP contribution is -2.26. The standard InChI is InChI=1S/C27H25N3O3S/c1-17(2)30-26(33)22-14-7-8-15-23(22)29-27(30)34-24(19-10-5-4-6-11-19)25(32)28-21-13-9-12-20(16-21)18(3)31/h4-17,24H,1-3H3,(H,28,32). The van der Waals surface area contributed by atoms with Crippen LogP contribution in [0.1, 0.15) is 48.0 Å². The van der Waals surface area contributed by atoms with Gasteiger partial charge in [0.2, 0.25) is 5.91 Å². The van der Waals surface area contributed by atoms with Crippen LogP contribution in [0.15, 0.2) is 88.8 Å². The van der Waals surface area contributed by atoms with E-state index in [1.54, 1.807) is 41.0 Å². The van der Waals surface area contributed by atoms with Gasteiger partial charge in [-0.05, 0) is 50.6 Å². The largest absolute Gasteiger partial charge is 0.325 e. The predicted molar refractivity (Wildman–Crippen MR) is 137 cm³/mol. The number of carbonyl (C=O) groups excluding carboxylic acids is 2. The summed E-state index contributed by atoms with van der Waals surface area (Å²) >= 11 is 1.24. The number of nitrogens with zero attached hydrogens (tertiary/aromatic N) is 2. The highest BCUT2D eigenvalue weighted by atomic mass is 32.2. The van der Waals surface area contributed by atoms with Crippen molar-refractivity contribution in [1.29, 1.82) is 0 Å². The van der Waals surface area contributed by atoms with Crippen LogP contribution in [0.5, 0.6) is 0 Å². The van der Waals surface area contributed by atoms with Gasteiger partial charge in [0.1, 0.15) is 5.25 Å². The summed E-state index contributed by atoms with van der Waals surface area (Å²) in [6.45, 7) is 5.33. The third-order valence-corrected chi connectivity index (χ3v) is 6.61. The van der Waals surface area contributed by atoms with Crippen molar-refractivity contribution in [3.05, 3.63) is 100 Å². The minimum absolute atomic E-state index is 0.0774. The van der Waals surface area contributed by atoms with Crippen molar-refractivity contribution in [1.82, 2.24) is 9.55 Å². The third kappa shape index (κ3) is 4.94. The second-order valence-corrected chi connectivity index (χ2v) is 9.29. The van der Waals surface area contributed by atoms with Gasteiger partial charge in [0.15, 0.2) is 10.9 Å². The van der Waals surface area contributed by atoms with Crippen LogP contribution in [0.4, 0.5) is 5.69 Å². The number of benzene rings is 3. The lowest BCUT2D eigenvalue weighted by molar-refractivity contribution is -0.115. The van der Waals surface area contributed by atoms with Crippen LogP contribution in [-0.4, -0.2) is 21.2 Å². The van der Waals surface area contributed by atoms with Crippen LogP contribution in [0.3, 0.4) is 0 Å². The van der Waals surface area contributed by atoms with Crippen molar-refractivity contribution in [2.75, 3.05) is 5.32 Å². The van der Waals surface area contributed by atoms with Gasteiger partial charge in [-0.25, -0.2) is 4.98 Å². The summed E-state index contributed by atoms with van der Waals surface area (Å²) < 4.78 is 1.63. The number of fused-ring (bicyclic) bond motifs is 1. The van der Waals surface area contributed by atoms with E-state index in [0.29, 0.717) is 27.3 Å². The topological polar surface area (TPSA) is 81.1 Å². The molecule has 1 amide bonds. The average Bonchev–Trinajstić information content (AvgIpc) is 2.83. The molecular formula is C27H25N3O3S. The van der Waals surface area contributed by atoms with Gasteiger partial charge in [0, 0.05) is 17.3 Å². The summed E-state index contributed by atoms with van der Waals surface area (Å²) in [5.41, 5.74) is 2.29. The van der Waals surface area contributed by atoms with Crippen molar-refractivity contribution in [2.24, 2.45) is 0 Å². The van der Waals surface area contributed by atoms with E-state index in [0.717, 1.165) is 5.56 Å². The van der Waals surface area contributed by atoms with E-state index in [9.17, 15) is 14.4 Å². The first kappa shape index (κ1) is 23.4. The number of Topliss-reactive ketones (excluding diaryl/α,β-unsaturated/α-hetero) is 1. The maximum absolute atomic E-state index is 13.5. The first-order valence-electron chi connectivity index (χ1n) is 11.0. The Labute approximate surface area is 202 Å². The number of aromatic nitrogens is 2. The summed E-state index contributed by atoms with van der Waals surface area (Å²) in [4.78, 5) is 43.3. The molecule has 0 aliphatic heterocycles. The maximum atomic E-state index is 13.5. The highest BCUT2D eigenvalue weighted by Crippen LogP contribution is 2.36. The average molecular weight is 472 g/mol. The van der Waals surface area contributed by atoms with E-state index >= 15 is 0 Å². The van der Waals surface area contributed by atoms with E-state index < -0.39 is 5.25 Å². The summed E-state index contributed by atoms with van der Waals surface area (Å²) in [6, 6.07) is 23.3. The number of hydrogen-bond donors (Lipinski definition) is 1. The van der Waals surface area contributed by atoms with Gasteiger partial charge >= 0.3 is 0 Å². The van der Waals surface area contributed by atoms with Crippen molar-refractivity contribution in [2.45, 2.75) is 37.2 Å². The number of nitrogens with one attached hydrogen (secondary N) is 1. The fraction of sp³-hybridized carbons (Fsp3) is 0.185. The molecule has 7 heteroatoms. The molecule has 0 saturated heterocycles. The van der Waals surface area contributed by atoms with Crippen LogP contribution in [0.2, 0.25) is 0 Å². The fourth-order valence-corrected chi connectivity index (χ4v) is 4.92. The Kier molecular flexibility index (Phi) is 6.93. The number of amides is 1. The number of carbonyl (C=O) groups is 2. The molecule has 0 spiro atoms. The minimum Gasteiger partial charge on any atom is -0.325 e. The second-order valence-electron chi connectivity index (χ2n) is 8.22. The lowest BCUT2D eigenvalue weighted by atomic mass is 10.1. The van der Waals surface area contributed by atoms with Gasteiger partial charge < -0.3 is 5.32 Å². The lowest BCUT2D eigenvalue weighted by Gasteiger charge is -2.21. The third-order valence-electron chi connectivity index (χ3n) is 5.39. The molecule has 0 bridgehead atoms. The van der Waals surface area contributed by atoms with Crippen LogP contribution in [-0.2, 0) is 4.79 Å². The Morgan fingerprint density at radius 1 is 0.941 bits per heavy atom. The van der Waals surface area contributed by atoms with E-state index in [2.05, 4.69) is 5.32 Å². The zero-order valence-corrected chi connectivity index (χ0v) is 20.0. The number of anilines is 1. The first-order valence-corrected chi connectivity index (χ1v) is 11.9. The summed E-state index contributed by atoms with van der Waals surface area (Å²) in [6.07, 6.45) is 0. The molecule has 172 valence electrons. The molecule has 1 N–H and O–H groups in total. The molecule has 1 aromatic heterocycles. The molecule has 0 saturated carbocycles. The first-order chi connectivity index (χ1) is 16.3. The number of ketones is 1. The maximum Gasteiger partial charge on any atom is 0.262 e. The van der Waals surface area contributed by atoms with Gasteiger partial charge in [-0.2, -0.15) is 0 Å². The number of thioether (sulfide) groups is 1. The molecular weight excluding hydrogens is 446 g/mol. The van der Waals surface area contributed by atoms with Crippen molar-refractivity contribution >= 4 is 40.0 Å². The van der Waals surface area contributed by atoms with Crippen molar-refractivity contribution in [3.63, 3.8) is 0 Å². The van der Waals surface area contributed by atoms with E-state index in [1.165, 1.54) is 18.7 Å². The Morgan fingerprint density at radius 3 is 2.35 bits per heavy atom. The molecule has 3 aromatic carbocycles. The van der Waals surface area contributed by atoms with E-state index in [4.69, 9.17) is 4.98 Å². The molecule has 0 aliphatic carbocycles. The van der Waals surface area contributed by atoms with Gasteiger partial charge in [-0.3, -0.25) is 19.0 Å². The number of rotatable bonds is 7. The predicted octanol–water partition coefficient (Wildman–Crippen LogP) is 5.65. The molecule has 6 nitrogen and oxygen atoms in total. The zero-order chi connectivity index (χ0) is 24.2. The van der Waals surface area contributed by atoms with Crippen molar-refractivity contribution < 1.29 is 9.59 Å². The Morgan fingerprint density at radius 2 is 1.65 bits per heavy atom. The molecule has 0 radical (unpaired) electrons. The molecule has 34 heavy (non-hydrogen) atoms. The van der Waals surface area contributed by atoms with Crippen LogP contribution in [0.25, 0.3) is 10.9 Å². The van der Waals surface area contributed by atoms with Gasteiger partial charge in [-0.1, -0.05) is 66.4 Å². The highest BCUT2D eigenvalue weighted by molar-refractivity contribution is 8.00. The van der Waals surface area contributed by atoms with Crippen LogP contribution >= 0.6 is 11.8 Å². The number of hydrogen-bond acceptors (Lipinski definition) is 5. The fourth-order valence-electron chi connectivity index (χ4n) is 3.69. The monoisotopic (exact) mass is 471 g/mol. The minimum atomic E-state index is -0.666. The van der Waals surface area contributed by atoms with Gasteiger partial charge in [0.25, 0.3) is 5.56 Å². The Balaban J connectivity index is 1.76. The van der Waals surface area contributed by atoms with Gasteiger partial charge in [0.05, 0.1) is 10.9 Å². The van der Waals surface area contributed by atoms with E-state index in [1.807, 2.05) is 56.3 Å². The van der Waals surface area contributed by atoms with Gasteiger partial charge in [-0.15, -0.1) is 0 Å².